The summed E-state index contributed by atoms with van der Waals surface area (Å²) in [4.78, 5) is 11.4. The number of hydrogen-bond donors (Lipinski definition) is 0. The van der Waals surface area contributed by atoms with Gasteiger partial charge in [0.15, 0.2) is 0 Å². The van der Waals surface area contributed by atoms with E-state index in [4.69, 9.17) is 4.74 Å². The molecule has 0 aliphatic heterocycles. The third-order valence-electron chi connectivity index (χ3n) is 2.06. The molecular weight excluding hydrogens is 272 g/mol. The fraction of sp³-hybridized carbons (Fsp3) is 0.250. The molecule has 0 amide bonds. The first kappa shape index (κ1) is 12.8. The molecule has 1 aromatic rings. The number of rotatable bonds is 4. The van der Waals surface area contributed by atoms with Gasteiger partial charge in [-0.3, -0.25) is 0 Å². The van der Waals surface area contributed by atoms with E-state index in [1.807, 2.05) is 24.3 Å². The summed E-state index contributed by atoms with van der Waals surface area (Å²) in [5.41, 5.74) is 1.40. The minimum Gasteiger partial charge on any atom is -0.496 e. The van der Waals surface area contributed by atoms with Gasteiger partial charge in [0.1, 0.15) is 5.75 Å². The van der Waals surface area contributed by atoms with E-state index in [0.717, 1.165) is 11.3 Å². The molecule has 0 spiro atoms. The molecule has 4 heteroatoms. The van der Waals surface area contributed by atoms with Crippen molar-refractivity contribution in [2.75, 3.05) is 19.5 Å². The number of benzene rings is 1. The van der Waals surface area contributed by atoms with Crippen molar-refractivity contribution in [3.05, 3.63) is 35.4 Å². The lowest BCUT2D eigenvalue weighted by Gasteiger charge is -2.06. The Morgan fingerprint density at radius 2 is 2.06 bits per heavy atom. The molecule has 86 valence electrons. The Labute approximate surface area is 103 Å². The first-order chi connectivity index (χ1) is 7.72. The maximum Gasteiger partial charge on any atom is 0.334 e. The van der Waals surface area contributed by atoms with Gasteiger partial charge in [0.25, 0.3) is 0 Å². The van der Waals surface area contributed by atoms with Crippen molar-refractivity contribution in [2.24, 2.45) is 0 Å². The number of esters is 1. The summed E-state index contributed by atoms with van der Waals surface area (Å²) in [7, 11) is 2.96. The number of methoxy groups -OCH3 is 2. The van der Waals surface area contributed by atoms with E-state index in [-0.39, 0.29) is 5.97 Å². The summed E-state index contributed by atoms with van der Waals surface area (Å²) >= 11 is 3.25. The van der Waals surface area contributed by atoms with E-state index < -0.39 is 0 Å². The number of carbonyl (C=O) groups excluding carboxylic acids is 1. The molecule has 0 radical (unpaired) electrons. The maximum absolute atomic E-state index is 11.4. The van der Waals surface area contributed by atoms with Gasteiger partial charge < -0.3 is 9.47 Å². The second-order valence-electron chi connectivity index (χ2n) is 3.04. The zero-order chi connectivity index (χ0) is 12.0. The lowest BCUT2D eigenvalue weighted by atomic mass is 10.1. The minimum atomic E-state index is -0.345. The zero-order valence-corrected chi connectivity index (χ0v) is 10.8. The standard InChI is InChI=1S/C12H13BrO3/c1-15-11-6-4-3-5-9(11)7-10(8-13)12(14)16-2/h3-7H,8H2,1-2H3/b10-7+. The van der Waals surface area contributed by atoms with Crippen LogP contribution in [0.2, 0.25) is 0 Å². The van der Waals surface area contributed by atoms with Gasteiger partial charge in [-0.2, -0.15) is 0 Å². The number of hydrogen-bond acceptors (Lipinski definition) is 3. The molecule has 0 N–H and O–H groups in total. The molecule has 0 fully saturated rings. The molecule has 0 aliphatic rings. The fourth-order valence-corrected chi connectivity index (χ4v) is 1.65. The van der Waals surface area contributed by atoms with Crippen LogP contribution in [0.5, 0.6) is 5.75 Å². The number of alkyl halides is 1. The second kappa shape index (κ2) is 6.33. The Balaban J connectivity index is 3.08. The Morgan fingerprint density at radius 3 is 2.62 bits per heavy atom. The van der Waals surface area contributed by atoms with Crippen molar-refractivity contribution in [3.63, 3.8) is 0 Å². The molecule has 0 bridgehead atoms. The molecule has 0 aliphatic carbocycles. The highest BCUT2D eigenvalue weighted by atomic mass is 79.9. The third kappa shape index (κ3) is 3.10. The van der Waals surface area contributed by atoms with Gasteiger partial charge in [-0.05, 0) is 12.1 Å². The van der Waals surface area contributed by atoms with Crippen molar-refractivity contribution in [2.45, 2.75) is 0 Å². The van der Waals surface area contributed by atoms with E-state index in [1.165, 1.54) is 7.11 Å². The monoisotopic (exact) mass is 284 g/mol. The van der Waals surface area contributed by atoms with Crippen LogP contribution in [0.15, 0.2) is 29.8 Å². The topological polar surface area (TPSA) is 35.5 Å². The van der Waals surface area contributed by atoms with Crippen LogP contribution in [0.25, 0.3) is 6.08 Å². The average Bonchev–Trinajstić information content (AvgIpc) is 2.35. The normalized spacial score (nSPS) is 11.1. The molecule has 3 nitrogen and oxygen atoms in total. The molecular formula is C12H13BrO3. The van der Waals surface area contributed by atoms with Crippen LogP contribution in [-0.2, 0) is 9.53 Å². The highest BCUT2D eigenvalue weighted by Crippen LogP contribution is 2.21. The second-order valence-corrected chi connectivity index (χ2v) is 3.60. The van der Waals surface area contributed by atoms with E-state index >= 15 is 0 Å². The largest absolute Gasteiger partial charge is 0.496 e. The van der Waals surface area contributed by atoms with Crippen molar-refractivity contribution in [1.29, 1.82) is 0 Å². The molecule has 0 unspecified atom stereocenters. The zero-order valence-electron chi connectivity index (χ0n) is 9.20. The summed E-state index contributed by atoms with van der Waals surface area (Å²) in [6, 6.07) is 7.49. The third-order valence-corrected chi connectivity index (χ3v) is 2.66. The highest BCUT2D eigenvalue weighted by Gasteiger charge is 2.09. The predicted octanol–water partition coefficient (Wildman–Crippen LogP) is 2.65. The summed E-state index contributed by atoms with van der Waals surface area (Å²) in [6.07, 6.45) is 1.75. The van der Waals surface area contributed by atoms with Crippen LogP contribution in [0.3, 0.4) is 0 Å². The van der Waals surface area contributed by atoms with Crippen LogP contribution in [0.4, 0.5) is 0 Å². The molecule has 16 heavy (non-hydrogen) atoms. The van der Waals surface area contributed by atoms with Crippen molar-refractivity contribution in [3.8, 4) is 5.75 Å². The number of halogens is 1. The van der Waals surface area contributed by atoms with Gasteiger partial charge in [0.2, 0.25) is 0 Å². The van der Waals surface area contributed by atoms with E-state index in [1.54, 1.807) is 13.2 Å². The van der Waals surface area contributed by atoms with Gasteiger partial charge >= 0.3 is 5.97 Å². The van der Waals surface area contributed by atoms with Gasteiger partial charge in [0.05, 0.1) is 14.2 Å². The summed E-state index contributed by atoms with van der Waals surface area (Å²) in [5, 5.41) is 0.442. The summed E-state index contributed by atoms with van der Waals surface area (Å²) in [5.74, 6) is 0.382. The Kier molecular flexibility index (Phi) is 5.05. The van der Waals surface area contributed by atoms with Crippen molar-refractivity contribution < 1.29 is 14.3 Å². The maximum atomic E-state index is 11.4. The lowest BCUT2D eigenvalue weighted by Crippen LogP contribution is -2.05. The fourth-order valence-electron chi connectivity index (χ4n) is 1.26. The Hall–Kier alpha value is -1.29. The van der Waals surface area contributed by atoms with Crippen LogP contribution < -0.4 is 4.74 Å². The molecule has 1 rings (SSSR count). The van der Waals surface area contributed by atoms with E-state index in [0.29, 0.717) is 10.9 Å². The number of ether oxygens (including phenoxy) is 2. The molecule has 0 saturated heterocycles. The quantitative estimate of drug-likeness (QED) is 0.484. The van der Waals surface area contributed by atoms with Gasteiger partial charge in [-0.25, -0.2) is 4.79 Å². The van der Waals surface area contributed by atoms with Crippen LogP contribution in [0.1, 0.15) is 5.56 Å². The summed E-state index contributed by atoms with van der Waals surface area (Å²) < 4.78 is 9.86. The van der Waals surface area contributed by atoms with E-state index in [2.05, 4.69) is 20.7 Å². The first-order valence-corrected chi connectivity index (χ1v) is 5.83. The first-order valence-electron chi connectivity index (χ1n) is 4.70. The van der Waals surface area contributed by atoms with Crippen LogP contribution >= 0.6 is 15.9 Å². The molecule has 0 atom stereocenters. The van der Waals surface area contributed by atoms with Crippen molar-refractivity contribution >= 4 is 28.0 Å². The lowest BCUT2D eigenvalue weighted by molar-refractivity contribution is -0.135. The molecule has 0 heterocycles. The minimum absolute atomic E-state index is 0.345. The van der Waals surface area contributed by atoms with Crippen LogP contribution in [0, 0.1) is 0 Å². The predicted molar refractivity (Wildman–Crippen MR) is 66.8 cm³/mol. The van der Waals surface area contributed by atoms with Crippen molar-refractivity contribution in [1.82, 2.24) is 0 Å². The summed E-state index contributed by atoms with van der Waals surface area (Å²) in [6.45, 7) is 0. The van der Waals surface area contributed by atoms with Gasteiger partial charge in [-0.15, -0.1) is 0 Å². The Bertz CT molecular complexity index is 399. The van der Waals surface area contributed by atoms with Crippen LogP contribution in [-0.4, -0.2) is 25.5 Å². The number of carbonyl (C=O) groups is 1. The van der Waals surface area contributed by atoms with Gasteiger partial charge in [-0.1, -0.05) is 34.1 Å². The number of para-hydroxylation sites is 1. The smallest absolute Gasteiger partial charge is 0.334 e. The highest BCUT2D eigenvalue weighted by molar-refractivity contribution is 9.09. The SMILES string of the molecule is COC(=O)/C(=C/c1ccccc1OC)CBr. The molecule has 0 aromatic heterocycles. The molecule has 0 saturated carbocycles. The van der Waals surface area contributed by atoms with Gasteiger partial charge in [0, 0.05) is 16.5 Å². The molecule has 1 aromatic carbocycles. The average molecular weight is 285 g/mol. The Morgan fingerprint density at radius 1 is 1.38 bits per heavy atom. The van der Waals surface area contributed by atoms with E-state index in [9.17, 15) is 4.79 Å².